The van der Waals surface area contributed by atoms with Crippen LogP contribution in [0.25, 0.3) is 5.65 Å². The Hall–Kier alpha value is -2.76. The van der Waals surface area contributed by atoms with Crippen LogP contribution in [0, 0.1) is 0 Å². The Bertz CT molecular complexity index is 1220. The molecule has 0 bridgehead atoms. The highest BCUT2D eigenvalue weighted by Gasteiger charge is 2.48. The zero-order valence-electron chi connectivity index (χ0n) is 17.5. The first-order valence-corrected chi connectivity index (χ1v) is 12.1. The van der Waals surface area contributed by atoms with Gasteiger partial charge in [0.1, 0.15) is 18.3 Å². The monoisotopic (exact) mass is 476 g/mol. The van der Waals surface area contributed by atoms with Crippen LogP contribution in [0.5, 0.6) is 0 Å². The molecule has 9 nitrogen and oxygen atoms in total. The highest BCUT2D eigenvalue weighted by atomic mass is 32.2. The molecular formula is C21H24N4O5S2. The van der Waals surface area contributed by atoms with Gasteiger partial charge in [-0.05, 0) is 43.0 Å². The fourth-order valence-corrected chi connectivity index (χ4v) is 5.51. The van der Waals surface area contributed by atoms with Crippen LogP contribution in [0.15, 0.2) is 58.6 Å². The fraction of sp³-hybridized carbons (Fsp3) is 0.381. The summed E-state index contributed by atoms with van der Waals surface area (Å²) in [6.07, 6.45) is 9.33. The quantitative estimate of drug-likeness (QED) is 0.394. The van der Waals surface area contributed by atoms with E-state index in [0.29, 0.717) is 17.8 Å². The van der Waals surface area contributed by atoms with Crippen molar-refractivity contribution in [3.05, 3.63) is 54.7 Å². The van der Waals surface area contributed by atoms with Gasteiger partial charge in [-0.1, -0.05) is 24.7 Å². The average Bonchev–Trinajstić information content (AvgIpc) is 3.49. The van der Waals surface area contributed by atoms with Crippen molar-refractivity contribution in [3.8, 4) is 0 Å². The number of furan rings is 1. The van der Waals surface area contributed by atoms with E-state index < -0.39 is 34.1 Å². The summed E-state index contributed by atoms with van der Waals surface area (Å²) in [6, 6.07) is 6.62. The van der Waals surface area contributed by atoms with Crippen LogP contribution < -0.4 is 10.0 Å². The van der Waals surface area contributed by atoms with Crippen LogP contribution >= 0.6 is 12.2 Å². The Labute approximate surface area is 191 Å². The van der Waals surface area contributed by atoms with Gasteiger partial charge in [0.25, 0.3) is 10.0 Å². The highest BCUT2D eigenvalue weighted by Crippen LogP contribution is 2.42. The summed E-state index contributed by atoms with van der Waals surface area (Å²) >= 11 is 5.73. The fourth-order valence-electron chi connectivity index (χ4n) is 4.27. The molecule has 1 saturated carbocycles. The Kier molecular flexibility index (Phi) is 6.31. The molecule has 0 spiro atoms. The summed E-state index contributed by atoms with van der Waals surface area (Å²) in [5, 5.41) is 2.82. The lowest BCUT2D eigenvalue weighted by molar-refractivity contribution is -0.151. The summed E-state index contributed by atoms with van der Waals surface area (Å²) in [7, 11) is -2.18. The first kappa shape index (κ1) is 22.4. The number of hydrogen-bond donors (Lipinski definition) is 2. The molecule has 0 radical (unpaired) electrons. The van der Waals surface area contributed by atoms with E-state index in [1.807, 2.05) is 28.9 Å². The highest BCUT2D eigenvalue weighted by molar-refractivity contribution is 7.89. The number of likely N-dealkylation sites (N-methyl/N-ethyl adjacent to an activating group) is 1. The van der Waals surface area contributed by atoms with E-state index in [4.69, 9.17) is 21.4 Å². The number of sulfonamides is 1. The topological polar surface area (TPSA) is 115 Å². The number of imidazole rings is 1. The summed E-state index contributed by atoms with van der Waals surface area (Å²) in [4.78, 5) is 17.5. The smallest absolute Gasteiger partial charge is 0.321 e. The van der Waals surface area contributed by atoms with E-state index in [0.717, 1.165) is 24.1 Å². The Balaban J connectivity index is 1.58. The minimum Gasteiger partial charge on any atom is -0.460 e. The van der Waals surface area contributed by atoms with Crippen molar-refractivity contribution in [3.63, 3.8) is 0 Å². The Morgan fingerprint density at radius 1 is 1.38 bits per heavy atom. The molecule has 170 valence electrons. The van der Waals surface area contributed by atoms with E-state index in [-0.39, 0.29) is 5.09 Å². The molecule has 32 heavy (non-hydrogen) atoms. The van der Waals surface area contributed by atoms with Gasteiger partial charge in [0.05, 0.1) is 16.7 Å². The molecule has 2 unspecified atom stereocenters. The van der Waals surface area contributed by atoms with Crippen LogP contribution in [-0.2, 0) is 25.0 Å². The number of aromatic nitrogens is 2. The minimum atomic E-state index is -3.94. The maximum absolute atomic E-state index is 12.7. The second kappa shape index (κ2) is 9.00. The lowest BCUT2D eigenvalue weighted by atomic mass is 9.67. The molecule has 1 fully saturated rings. The summed E-state index contributed by atoms with van der Waals surface area (Å²) in [6.45, 7) is -0.511. The van der Waals surface area contributed by atoms with E-state index in [1.165, 1.54) is 18.4 Å². The molecule has 3 aromatic heterocycles. The molecule has 11 heteroatoms. The minimum absolute atomic E-state index is 0.262. The maximum atomic E-state index is 12.7. The molecule has 3 heterocycles. The predicted octanol–water partition coefficient (Wildman–Crippen LogP) is 2.18. The second-order valence-electron chi connectivity index (χ2n) is 7.64. The van der Waals surface area contributed by atoms with Crippen molar-refractivity contribution in [2.75, 3.05) is 13.6 Å². The van der Waals surface area contributed by atoms with E-state index in [9.17, 15) is 13.2 Å². The largest absolute Gasteiger partial charge is 0.460 e. The van der Waals surface area contributed by atoms with Gasteiger partial charge >= 0.3 is 5.97 Å². The second-order valence-corrected chi connectivity index (χ2v) is 9.75. The molecule has 1 aliphatic rings. The summed E-state index contributed by atoms with van der Waals surface area (Å²) in [5.74, 6) is -0.681. The number of rotatable bonds is 7. The number of esters is 1. The molecule has 0 saturated heterocycles. The third-order valence-electron chi connectivity index (χ3n) is 5.81. The first-order chi connectivity index (χ1) is 15.4. The lowest BCUT2D eigenvalue weighted by Crippen LogP contribution is -2.54. The van der Waals surface area contributed by atoms with Crippen molar-refractivity contribution in [2.45, 2.75) is 42.3 Å². The molecule has 0 aliphatic heterocycles. The standard InChI is InChI=1S/C21H24N4O5S2/c1-22-20(31)21(15-7-8-17-23-10-11-25(17)14-15)9-3-2-5-16(21)30-18(26)13-24-32(27,28)19-6-4-12-29-19/h4,6-8,10-12,14,16,24H,2-3,5,9,13H2,1H3,(H,22,31). The summed E-state index contributed by atoms with van der Waals surface area (Å²) in [5.41, 5.74) is 0.989. The van der Waals surface area contributed by atoms with Crippen LogP contribution in [0.3, 0.4) is 0 Å². The lowest BCUT2D eigenvalue weighted by Gasteiger charge is -2.44. The number of pyridine rings is 1. The van der Waals surface area contributed by atoms with Gasteiger partial charge in [-0.3, -0.25) is 4.79 Å². The molecule has 2 N–H and O–H groups in total. The van der Waals surface area contributed by atoms with Gasteiger partial charge < -0.3 is 18.9 Å². The first-order valence-electron chi connectivity index (χ1n) is 10.2. The molecule has 4 rings (SSSR count). The Morgan fingerprint density at radius 3 is 2.97 bits per heavy atom. The van der Waals surface area contributed by atoms with Crippen LogP contribution in [-0.4, -0.2) is 48.5 Å². The number of nitrogens with one attached hydrogen (secondary N) is 2. The van der Waals surface area contributed by atoms with E-state index >= 15 is 0 Å². The number of hydrogen-bond acceptors (Lipinski definition) is 7. The van der Waals surface area contributed by atoms with Crippen molar-refractivity contribution >= 4 is 38.8 Å². The SMILES string of the molecule is CNC(=S)C1(c2ccc3nccn3c2)CCCCC1OC(=O)CNS(=O)(=O)c1ccco1. The maximum Gasteiger partial charge on any atom is 0.321 e. The molecular weight excluding hydrogens is 452 g/mol. The molecule has 0 aromatic carbocycles. The van der Waals surface area contributed by atoms with Crippen molar-refractivity contribution in [2.24, 2.45) is 0 Å². The van der Waals surface area contributed by atoms with Crippen LogP contribution in [0.4, 0.5) is 0 Å². The van der Waals surface area contributed by atoms with E-state index in [1.54, 1.807) is 13.2 Å². The zero-order chi connectivity index (χ0) is 22.8. The average molecular weight is 477 g/mol. The molecule has 0 amide bonds. The number of carbonyl (C=O) groups excluding carboxylic acids is 1. The van der Waals surface area contributed by atoms with Gasteiger partial charge in [0, 0.05) is 25.6 Å². The molecule has 2 atom stereocenters. The third kappa shape index (κ3) is 4.15. The molecule has 3 aromatic rings. The van der Waals surface area contributed by atoms with Gasteiger partial charge in [0.15, 0.2) is 0 Å². The van der Waals surface area contributed by atoms with Crippen molar-refractivity contribution in [1.29, 1.82) is 0 Å². The van der Waals surface area contributed by atoms with Crippen LogP contribution in [0.2, 0.25) is 0 Å². The van der Waals surface area contributed by atoms with Crippen molar-refractivity contribution < 1.29 is 22.4 Å². The van der Waals surface area contributed by atoms with Crippen molar-refractivity contribution in [1.82, 2.24) is 19.4 Å². The number of nitrogens with zero attached hydrogens (tertiary/aromatic N) is 2. The normalized spacial score (nSPS) is 21.3. The number of ether oxygens (including phenoxy) is 1. The number of thiocarbonyl (C=S) groups is 1. The molecule has 1 aliphatic carbocycles. The van der Waals surface area contributed by atoms with Gasteiger partial charge in [-0.15, -0.1) is 0 Å². The predicted molar refractivity (Wildman–Crippen MR) is 121 cm³/mol. The van der Waals surface area contributed by atoms with Gasteiger partial charge in [-0.2, -0.15) is 4.72 Å². The Morgan fingerprint density at radius 2 is 2.22 bits per heavy atom. The van der Waals surface area contributed by atoms with Gasteiger partial charge in [-0.25, -0.2) is 13.4 Å². The number of carbonyl (C=O) groups is 1. The van der Waals surface area contributed by atoms with Crippen LogP contribution in [0.1, 0.15) is 31.2 Å². The third-order valence-corrected chi connectivity index (χ3v) is 7.67. The van der Waals surface area contributed by atoms with Gasteiger partial charge in [0.2, 0.25) is 5.09 Å². The summed E-state index contributed by atoms with van der Waals surface area (Å²) < 4.78 is 39.4. The zero-order valence-corrected chi connectivity index (χ0v) is 19.1. The van der Waals surface area contributed by atoms with E-state index in [2.05, 4.69) is 15.0 Å². The number of fused-ring (bicyclic) bond motifs is 1.